The number of hydrogen-bond donors (Lipinski definition) is 2. The van der Waals surface area contributed by atoms with Crippen LogP contribution in [0.15, 0.2) is 53.0 Å². The molecule has 3 N–H and O–H groups in total. The normalized spacial score (nSPS) is 21.9. The molecule has 0 saturated carbocycles. The van der Waals surface area contributed by atoms with E-state index >= 15 is 0 Å². The van der Waals surface area contributed by atoms with Gasteiger partial charge >= 0.3 is 0 Å². The fourth-order valence-electron chi connectivity index (χ4n) is 4.59. The summed E-state index contributed by atoms with van der Waals surface area (Å²) >= 11 is 0. The Morgan fingerprint density at radius 1 is 1.03 bits per heavy atom. The molecule has 1 atom stereocenters. The second-order valence-corrected chi connectivity index (χ2v) is 8.13. The zero-order chi connectivity index (χ0) is 20.0. The summed E-state index contributed by atoms with van der Waals surface area (Å²) in [6.45, 7) is 4.29. The van der Waals surface area contributed by atoms with Crippen molar-refractivity contribution in [2.24, 2.45) is 10.7 Å². The SMILES string of the molecule is CN1CCN(c2ccc(C3N=C(N)NC4=C3CCc3cc(F)ccc34)cc2)CC1. The number of nitrogens with one attached hydrogen (secondary N) is 1. The van der Waals surface area contributed by atoms with E-state index in [1.807, 2.05) is 6.07 Å². The monoisotopic (exact) mass is 391 g/mol. The van der Waals surface area contributed by atoms with Crippen LogP contribution in [0.3, 0.4) is 0 Å². The molecule has 2 heterocycles. The number of halogens is 1. The van der Waals surface area contributed by atoms with Crippen molar-refractivity contribution in [2.75, 3.05) is 38.1 Å². The Balaban J connectivity index is 1.46. The number of guanidine groups is 1. The first kappa shape index (κ1) is 18.2. The van der Waals surface area contributed by atoms with Gasteiger partial charge in [0.25, 0.3) is 0 Å². The van der Waals surface area contributed by atoms with Gasteiger partial charge in [0.15, 0.2) is 5.96 Å². The lowest BCUT2D eigenvalue weighted by molar-refractivity contribution is 0.313. The molecule has 0 bridgehead atoms. The predicted octanol–water partition coefficient (Wildman–Crippen LogP) is 2.89. The van der Waals surface area contributed by atoms with Gasteiger partial charge < -0.3 is 20.9 Å². The van der Waals surface area contributed by atoms with E-state index in [9.17, 15) is 4.39 Å². The number of fused-ring (bicyclic) bond motifs is 2. The largest absolute Gasteiger partial charge is 0.370 e. The van der Waals surface area contributed by atoms with E-state index in [1.165, 1.54) is 17.3 Å². The van der Waals surface area contributed by atoms with E-state index in [0.29, 0.717) is 5.96 Å². The number of hydrogen-bond acceptors (Lipinski definition) is 5. The fourth-order valence-corrected chi connectivity index (χ4v) is 4.59. The van der Waals surface area contributed by atoms with Crippen LogP contribution >= 0.6 is 0 Å². The van der Waals surface area contributed by atoms with Crippen molar-refractivity contribution in [3.05, 3.63) is 70.5 Å². The lowest BCUT2D eigenvalue weighted by Gasteiger charge is -2.34. The van der Waals surface area contributed by atoms with Crippen LogP contribution in [0.4, 0.5) is 10.1 Å². The van der Waals surface area contributed by atoms with Crippen LogP contribution in [0.1, 0.15) is 29.2 Å². The van der Waals surface area contributed by atoms with E-state index in [-0.39, 0.29) is 11.9 Å². The van der Waals surface area contributed by atoms with Gasteiger partial charge in [-0.1, -0.05) is 12.1 Å². The Morgan fingerprint density at radius 2 is 1.79 bits per heavy atom. The molecule has 29 heavy (non-hydrogen) atoms. The second-order valence-electron chi connectivity index (χ2n) is 8.13. The van der Waals surface area contributed by atoms with Crippen LogP contribution < -0.4 is 16.0 Å². The molecule has 150 valence electrons. The van der Waals surface area contributed by atoms with Crippen LogP contribution in [-0.2, 0) is 6.42 Å². The Bertz CT molecular complexity index is 987. The zero-order valence-corrected chi connectivity index (χ0v) is 16.7. The molecule has 1 unspecified atom stereocenters. The number of anilines is 1. The Labute approximate surface area is 170 Å². The number of piperazine rings is 1. The van der Waals surface area contributed by atoms with Crippen molar-refractivity contribution in [2.45, 2.75) is 18.9 Å². The highest BCUT2D eigenvalue weighted by atomic mass is 19.1. The minimum Gasteiger partial charge on any atom is -0.370 e. The topological polar surface area (TPSA) is 56.9 Å². The molecule has 6 heteroatoms. The average molecular weight is 391 g/mol. The second kappa shape index (κ2) is 7.19. The summed E-state index contributed by atoms with van der Waals surface area (Å²) in [7, 11) is 2.17. The highest BCUT2D eigenvalue weighted by Gasteiger charge is 2.30. The van der Waals surface area contributed by atoms with Crippen LogP contribution in [0.2, 0.25) is 0 Å². The maximum absolute atomic E-state index is 13.7. The van der Waals surface area contributed by atoms with Crippen molar-refractivity contribution in [1.82, 2.24) is 10.2 Å². The van der Waals surface area contributed by atoms with E-state index in [1.54, 1.807) is 6.07 Å². The molecule has 3 aliphatic rings. The van der Waals surface area contributed by atoms with Crippen molar-refractivity contribution in [1.29, 1.82) is 0 Å². The third-order valence-corrected chi connectivity index (χ3v) is 6.25. The number of likely N-dealkylation sites (N-methyl/N-ethyl adjacent to an activating group) is 1. The summed E-state index contributed by atoms with van der Waals surface area (Å²) in [4.78, 5) is 9.50. The van der Waals surface area contributed by atoms with Gasteiger partial charge in [0.2, 0.25) is 0 Å². The minimum atomic E-state index is -0.193. The molecule has 2 aromatic rings. The molecule has 0 amide bonds. The van der Waals surface area contributed by atoms with Gasteiger partial charge in [0.1, 0.15) is 11.9 Å². The molecule has 1 saturated heterocycles. The Hall–Kier alpha value is -2.86. The summed E-state index contributed by atoms with van der Waals surface area (Å²) < 4.78 is 13.7. The third-order valence-electron chi connectivity index (χ3n) is 6.25. The van der Waals surface area contributed by atoms with Gasteiger partial charge in [0.05, 0.1) is 5.70 Å². The average Bonchev–Trinajstić information content (AvgIpc) is 2.73. The van der Waals surface area contributed by atoms with Crippen molar-refractivity contribution < 1.29 is 4.39 Å². The first-order chi connectivity index (χ1) is 14.1. The predicted molar refractivity (Wildman–Crippen MR) is 115 cm³/mol. The van der Waals surface area contributed by atoms with Crippen LogP contribution in [-0.4, -0.2) is 44.1 Å². The quantitative estimate of drug-likeness (QED) is 0.827. The number of nitrogens with zero attached hydrogens (tertiary/aromatic N) is 3. The first-order valence-electron chi connectivity index (χ1n) is 10.2. The zero-order valence-electron chi connectivity index (χ0n) is 16.7. The molecule has 2 aromatic carbocycles. The van der Waals surface area contributed by atoms with Gasteiger partial charge in [-0.05, 0) is 66.9 Å². The molecule has 5 rings (SSSR count). The van der Waals surface area contributed by atoms with Crippen molar-refractivity contribution in [3.8, 4) is 0 Å². The summed E-state index contributed by atoms with van der Waals surface area (Å²) in [5.74, 6) is 0.218. The van der Waals surface area contributed by atoms with Gasteiger partial charge in [-0.15, -0.1) is 0 Å². The highest BCUT2D eigenvalue weighted by Crippen LogP contribution is 2.41. The van der Waals surface area contributed by atoms with E-state index in [4.69, 9.17) is 10.7 Å². The van der Waals surface area contributed by atoms with Gasteiger partial charge in [-0.2, -0.15) is 0 Å². The van der Waals surface area contributed by atoms with Crippen LogP contribution in [0.25, 0.3) is 5.70 Å². The maximum Gasteiger partial charge on any atom is 0.194 e. The molecular formula is C23H26FN5. The molecule has 1 fully saturated rings. The molecule has 0 aromatic heterocycles. The number of aliphatic imine (C=N–C) groups is 1. The lowest BCUT2D eigenvalue weighted by Crippen LogP contribution is -2.44. The number of nitrogens with two attached hydrogens (primary N) is 1. The molecule has 0 radical (unpaired) electrons. The van der Waals surface area contributed by atoms with Gasteiger partial charge in [-0.3, -0.25) is 0 Å². The maximum atomic E-state index is 13.7. The Kier molecular flexibility index (Phi) is 4.51. The number of benzene rings is 2. The lowest BCUT2D eigenvalue weighted by atomic mass is 9.83. The Morgan fingerprint density at radius 3 is 2.55 bits per heavy atom. The molecule has 0 spiro atoms. The molecule has 2 aliphatic heterocycles. The number of rotatable bonds is 2. The van der Waals surface area contributed by atoms with E-state index in [2.05, 4.69) is 46.4 Å². The van der Waals surface area contributed by atoms with Gasteiger partial charge in [-0.25, -0.2) is 9.38 Å². The van der Waals surface area contributed by atoms with Crippen molar-refractivity contribution in [3.63, 3.8) is 0 Å². The van der Waals surface area contributed by atoms with Crippen LogP contribution in [0, 0.1) is 5.82 Å². The van der Waals surface area contributed by atoms with E-state index < -0.39 is 0 Å². The number of aryl methyl sites for hydroxylation is 1. The summed E-state index contributed by atoms with van der Waals surface area (Å²) in [5, 5.41) is 3.23. The summed E-state index contributed by atoms with van der Waals surface area (Å²) in [6.07, 6.45) is 1.67. The molecule has 1 aliphatic carbocycles. The minimum absolute atomic E-state index is 0.0917. The van der Waals surface area contributed by atoms with Crippen molar-refractivity contribution >= 4 is 17.3 Å². The van der Waals surface area contributed by atoms with Gasteiger partial charge in [0, 0.05) is 37.4 Å². The van der Waals surface area contributed by atoms with Crippen LogP contribution in [0.5, 0.6) is 0 Å². The first-order valence-corrected chi connectivity index (χ1v) is 10.2. The summed E-state index contributed by atoms with van der Waals surface area (Å²) in [6, 6.07) is 13.6. The molecule has 5 nitrogen and oxygen atoms in total. The van der Waals surface area contributed by atoms with E-state index in [0.717, 1.165) is 61.4 Å². The smallest absolute Gasteiger partial charge is 0.194 e. The summed E-state index contributed by atoms with van der Waals surface area (Å²) in [5.41, 5.74) is 12.8. The molecular weight excluding hydrogens is 365 g/mol. The third kappa shape index (κ3) is 3.38. The highest BCUT2D eigenvalue weighted by molar-refractivity contribution is 5.92. The standard InChI is InChI=1S/C23H26FN5/c1-28-10-12-29(13-11-28)18-6-2-15(3-7-18)21-20-8-4-16-14-17(24)5-9-19(16)22(20)27-23(25)26-21/h2-3,5-7,9,14,21H,4,8,10-13H2,1H3,(H3,25,26,27). The fraction of sp³-hybridized carbons (Fsp3) is 0.348.